The van der Waals surface area contributed by atoms with E-state index in [9.17, 15) is 14.7 Å². The molecule has 0 aromatic carbocycles. The summed E-state index contributed by atoms with van der Waals surface area (Å²) in [5, 5.41) is 26.6. The molecular weight excluding hydrogens is 216 g/mol. The van der Waals surface area contributed by atoms with Crippen LogP contribution in [0.5, 0.6) is 0 Å². The van der Waals surface area contributed by atoms with Gasteiger partial charge in [0.2, 0.25) is 0 Å². The third kappa shape index (κ3) is 6.74. The highest BCUT2D eigenvalue weighted by Crippen LogP contribution is 2.10. The van der Waals surface area contributed by atoms with Gasteiger partial charge in [0.25, 0.3) is 0 Å². The van der Waals surface area contributed by atoms with Gasteiger partial charge in [-0.15, -0.1) is 0 Å². The van der Waals surface area contributed by atoms with Crippen LogP contribution >= 0.6 is 0 Å². The second-order valence-corrected chi connectivity index (χ2v) is 2.97. The third-order valence-electron chi connectivity index (χ3n) is 1.57. The van der Waals surface area contributed by atoms with E-state index in [4.69, 9.17) is 14.9 Å². The van der Waals surface area contributed by atoms with Gasteiger partial charge in [0.1, 0.15) is 5.60 Å². The minimum atomic E-state index is -1.73. The average molecular weight is 230 g/mol. The topological polar surface area (TPSA) is 104 Å². The largest absolute Gasteiger partial charge is 0.478 e. The van der Waals surface area contributed by atoms with Gasteiger partial charge in [-0.3, -0.25) is 0 Å². The standard InChI is InChI=1S/C10H14O6/c1-2-16-7-10(15,5-3-8(11)12)6-4-9(13)14/h3-6,15H,2,7H2,1H3,(H,11,12)(H,13,14). The minimum Gasteiger partial charge on any atom is -0.478 e. The number of hydrogen-bond acceptors (Lipinski definition) is 4. The molecule has 90 valence electrons. The Morgan fingerprint density at radius 2 is 1.62 bits per heavy atom. The van der Waals surface area contributed by atoms with E-state index in [0.29, 0.717) is 6.61 Å². The van der Waals surface area contributed by atoms with Crippen LogP contribution in [-0.4, -0.2) is 46.1 Å². The van der Waals surface area contributed by atoms with E-state index < -0.39 is 17.5 Å². The van der Waals surface area contributed by atoms with Crippen LogP contribution in [-0.2, 0) is 14.3 Å². The molecule has 0 heterocycles. The van der Waals surface area contributed by atoms with E-state index in [1.807, 2.05) is 0 Å². The quantitative estimate of drug-likeness (QED) is 0.533. The molecule has 0 bridgehead atoms. The van der Waals surface area contributed by atoms with Crippen molar-refractivity contribution < 1.29 is 29.6 Å². The number of carbonyl (C=O) groups is 2. The van der Waals surface area contributed by atoms with Gasteiger partial charge in [-0.2, -0.15) is 0 Å². The van der Waals surface area contributed by atoms with Crippen LogP contribution in [0.25, 0.3) is 0 Å². The van der Waals surface area contributed by atoms with Gasteiger partial charge in [-0.25, -0.2) is 9.59 Å². The number of carboxylic acid groups (broad SMARTS) is 2. The summed E-state index contributed by atoms with van der Waals surface area (Å²) in [7, 11) is 0. The number of ether oxygens (including phenoxy) is 1. The van der Waals surface area contributed by atoms with Crippen molar-refractivity contribution in [3.63, 3.8) is 0 Å². The van der Waals surface area contributed by atoms with Gasteiger partial charge in [0, 0.05) is 18.8 Å². The van der Waals surface area contributed by atoms with Crippen molar-refractivity contribution in [3.8, 4) is 0 Å². The number of aliphatic carboxylic acids is 2. The van der Waals surface area contributed by atoms with Crippen molar-refractivity contribution in [2.45, 2.75) is 12.5 Å². The summed E-state index contributed by atoms with van der Waals surface area (Å²) in [5.41, 5.74) is -1.73. The fraction of sp³-hybridized carbons (Fsp3) is 0.400. The molecule has 6 nitrogen and oxygen atoms in total. The summed E-state index contributed by atoms with van der Waals surface area (Å²) in [6, 6.07) is 0. The number of aliphatic hydroxyl groups is 1. The molecule has 0 radical (unpaired) electrons. The third-order valence-corrected chi connectivity index (χ3v) is 1.57. The first-order valence-electron chi connectivity index (χ1n) is 4.54. The Hall–Kier alpha value is -1.66. The van der Waals surface area contributed by atoms with E-state index in [1.54, 1.807) is 6.92 Å². The van der Waals surface area contributed by atoms with Crippen molar-refractivity contribution in [2.75, 3.05) is 13.2 Å². The van der Waals surface area contributed by atoms with Crippen molar-refractivity contribution in [3.05, 3.63) is 24.3 Å². The Balaban J connectivity index is 4.72. The Kier molecular flexibility index (Phi) is 6.06. The highest BCUT2D eigenvalue weighted by atomic mass is 16.5. The number of carboxylic acids is 2. The second-order valence-electron chi connectivity index (χ2n) is 2.97. The van der Waals surface area contributed by atoms with Crippen LogP contribution in [0.4, 0.5) is 0 Å². The smallest absolute Gasteiger partial charge is 0.328 e. The molecule has 6 heteroatoms. The first-order chi connectivity index (χ1) is 7.39. The average Bonchev–Trinajstić information content (AvgIpc) is 2.21. The van der Waals surface area contributed by atoms with Gasteiger partial charge < -0.3 is 20.1 Å². The first-order valence-corrected chi connectivity index (χ1v) is 4.54. The van der Waals surface area contributed by atoms with Crippen molar-refractivity contribution >= 4 is 11.9 Å². The molecule has 0 aliphatic rings. The van der Waals surface area contributed by atoms with Gasteiger partial charge in [0.05, 0.1) is 6.61 Å². The summed E-state index contributed by atoms with van der Waals surface area (Å²) < 4.78 is 4.92. The lowest BCUT2D eigenvalue weighted by Crippen LogP contribution is -2.30. The molecule has 0 spiro atoms. The second kappa shape index (κ2) is 6.76. The summed E-state index contributed by atoms with van der Waals surface area (Å²) in [5.74, 6) is -2.47. The summed E-state index contributed by atoms with van der Waals surface area (Å²) >= 11 is 0. The fourth-order valence-corrected chi connectivity index (χ4v) is 0.849. The van der Waals surface area contributed by atoms with E-state index in [2.05, 4.69) is 0 Å². The van der Waals surface area contributed by atoms with E-state index >= 15 is 0 Å². The van der Waals surface area contributed by atoms with Crippen LogP contribution < -0.4 is 0 Å². The van der Waals surface area contributed by atoms with Crippen LogP contribution in [0.15, 0.2) is 24.3 Å². The molecule has 0 rings (SSSR count). The molecule has 0 amide bonds. The van der Waals surface area contributed by atoms with Crippen molar-refractivity contribution in [1.29, 1.82) is 0 Å². The molecule has 3 N–H and O–H groups in total. The first kappa shape index (κ1) is 14.3. The van der Waals surface area contributed by atoms with Crippen LogP contribution in [0.1, 0.15) is 6.92 Å². The molecule has 0 fully saturated rings. The molecule has 0 unspecified atom stereocenters. The molecule has 0 aliphatic heterocycles. The monoisotopic (exact) mass is 230 g/mol. The predicted octanol–water partition coefficient (Wildman–Crippen LogP) is 0.0356. The van der Waals surface area contributed by atoms with E-state index in [-0.39, 0.29) is 6.61 Å². The Labute approximate surface area is 92.5 Å². The lowest BCUT2D eigenvalue weighted by atomic mass is 10.0. The zero-order valence-corrected chi connectivity index (χ0v) is 8.79. The van der Waals surface area contributed by atoms with Gasteiger partial charge >= 0.3 is 11.9 Å². The zero-order valence-electron chi connectivity index (χ0n) is 8.79. The molecular formula is C10H14O6. The van der Waals surface area contributed by atoms with Crippen LogP contribution in [0, 0.1) is 0 Å². The van der Waals surface area contributed by atoms with E-state index in [1.165, 1.54) is 0 Å². The summed E-state index contributed by atoms with van der Waals surface area (Å²) in [6.45, 7) is 1.81. The Bertz CT molecular complexity index is 280. The highest BCUT2D eigenvalue weighted by molar-refractivity contribution is 5.81. The minimum absolute atomic E-state index is 0.211. The molecule has 0 saturated heterocycles. The predicted molar refractivity (Wildman–Crippen MR) is 55.0 cm³/mol. The summed E-state index contributed by atoms with van der Waals surface area (Å²) in [6.07, 6.45) is 3.38. The van der Waals surface area contributed by atoms with Crippen LogP contribution in [0.2, 0.25) is 0 Å². The molecule has 0 aromatic heterocycles. The Morgan fingerprint density at radius 1 is 1.19 bits per heavy atom. The normalized spacial score (nSPS) is 15.4. The molecule has 0 aromatic rings. The SMILES string of the molecule is CCOCC(O)(C=CC(=O)O)C=CC(=O)O. The van der Waals surface area contributed by atoms with Crippen molar-refractivity contribution in [2.24, 2.45) is 0 Å². The highest BCUT2D eigenvalue weighted by Gasteiger charge is 2.20. The maximum Gasteiger partial charge on any atom is 0.328 e. The maximum atomic E-state index is 10.3. The zero-order chi connectivity index (χ0) is 12.6. The lowest BCUT2D eigenvalue weighted by molar-refractivity contribution is -0.132. The molecule has 16 heavy (non-hydrogen) atoms. The number of rotatable bonds is 7. The van der Waals surface area contributed by atoms with Gasteiger partial charge in [-0.05, 0) is 19.1 Å². The van der Waals surface area contributed by atoms with Gasteiger partial charge in [0.15, 0.2) is 0 Å². The maximum absolute atomic E-state index is 10.3. The summed E-state index contributed by atoms with van der Waals surface area (Å²) in [4.78, 5) is 20.6. The molecule has 0 aliphatic carbocycles. The molecule has 0 atom stereocenters. The lowest BCUT2D eigenvalue weighted by Gasteiger charge is -2.19. The number of hydrogen-bond donors (Lipinski definition) is 3. The fourth-order valence-electron chi connectivity index (χ4n) is 0.849. The van der Waals surface area contributed by atoms with Crippen LogP contribution in [0.3, 0.4) is 0 Å². The van der Waals surface area contributed by atoms with E-state index in [0.717, 1.165) is 24.3 Å². The van der Waals surface area contributed by atoms with Crippen molar-refractivity contribution in [1.82, 2.24) is 0 Å². The van der Waals surface area contributed by atoms with Gasteiger partial charge in [-0.1, -0.05) is 0 Å². The Morgan fingerprint density at radius 3 is 1.94 bits per heavy atom. The molecule has 0 saturated carbocycles.